The van der Waals surface area contributed by atoms with Crippen molar-refractivity contribution in [2.45, 2.75) is 24.2 Å². The zero-order valence-corrected chi connectivity index (χ0v) is 12.7. The zero-order chi connectivity index (χ0) is 13.4. The van der Waals surface area contributed by atoms with Gasteiger partial charge < -0.3 is 5.73 Å². The summed E-state index contributed by atoms with van der Waals surface area (Å²) in [6.45, 7) is 1.17. The van der Waals surface area contributed by atoms with Gasteiger partial charge in [-0.15, -0.1) is 0 Å². The Labute approximate surface area is 117 Å². The summed E-state index contributed by atoms with van der Waals surface area (Å²) in [5.41, 5.74) is 5.73. The third kappa shape index (κ3) is 4.35. The number of nitrogens with zero attached hydrogens (tertiary/aromatic N) is 1. The van der Waals surface area contributed by atoms with E-state index in [4.69, 9.17) is 5.73 Å². The molecule has 0 heterocycles. The van der Waals surface area contributed by atoms with Crippen LogP contribution < -0.4 is 5.73 Å². The Morgan fingerprint density at radius 2 is 1.78 bits per heavy atom. The van der Waals surface area contributed by atoms with E-state index in [0.29, 0.717) is 23.4 Å². The van der Waals surface area contributed by atoms with Gasteiger partial charge in [0.25, 0.3) is 0 Å². The van der Waals surface area contributed by atoms with Crippen LogP contribution in [0, 0.1) is 0 Å². The van der Waals surface area contributed by atoms with E-state index in [9.17, 15) is 8.42 Å². The fraction of sp³-hybridized carbons (Fsp3) is 0.500. The quantitative estimate of drug-likeness (QED) is 0.450. The molecule has 6 heteroatoms. The Morgan fingerprint density at radius 3 is 2.33 bits per heavy atom. The van der Waals surface area contributed by atoms with Gasteiger partial charge >= 0.3 is 0 Å². The fourth-order valence-electron chi connectivity index (χ4n) is 1.59. The minimum Gasteiger partial charge on any atom is -0.330 e. The second-order valence-corrected chi connectivity index (χ2v) is 6.40. The highest BCUT2D eigenvalue weighted by molar-refractivity contribution is 9.09. The average molecular weight is 335 g/mol. The Kier molecular flexibility index (Phi) is 6.85. The van der Waals surface area contributed by atoms with Crippen LogP contribution in [0.3, 0.4) is 0 Å². The molecule has 4 nitrogen and oxygen atoms in total. The molecule has 0 aromatic heterocycles. The first-order chi connectivity index (χ1) is 8.62. The predicted molar refractivity (Wildman–Crippen MR) is 77.0 cm³/mol. The summed E-state index contributed by atoms with van der Waals surface area (Å²) in [5.74, 6) is 0. The van der Waals surface area contributed by atoms with Crippen molar-refractivity contribution in [2.75, 3.05) is 18.5 Å². The third-order valence-corrected chi connectivity index (χ3v) is 5.42. The van der Waals surface area contributed by atoms with Crippen LogP contribution in [-0.4, -0.2) is 31.3 Å². The van der Waals surface area contributed by atoms with Crippen molar-refractivity contribution in [3.63, 3.8) is 0 Å². The lowest BCUT2D eigenvalue weighted by molar-refractivity contribution is 0.445. The van der Waals surface area contributed by atoms with E-state index in [1.54, 1.807) is 30.3 Å². The Balaban J connectivity index is 2.69. The highest BCUT2D eigenvalue weighted by Gasteiger charge is 2.22. The van der Waals surface area contributed by atoms with E-state index < -0.39 is 10.0 Å². The monoisotopic (exact) mass is 334 g/mol. The van der Waals surface area contributed by atoms with Gasteiger partial charge in [0, 0.05) is 6.54 Å². The molecule has 0 aliphatic rings. The van der Waals surface area contributed by atoms with Crippen molar-refractivity contribution in [1.82, 2.24) is 4.31 Å². The smallest absolute Gasteiger partial charge is 0.243 e. The van der Waals surface area contributed by atoms with Gasteiger partial charge in [0.1, 0.15) is 0 Å². The zero-order valence-electron chi connectivity index (χ0n) is 10.3. The number of benzene rings is 1. The molecule has 0 unspecified atom stereocenters. The van der Waals surface area contributed by atoms with Crippen molar-refractivity contribution in [3.05, 3.63) is 30.3 Å². The van der Waals surface area contributed by atoms with Crippen molar-refractivity contribution in [3.8, 4) is 0 Å². The Bertz CT molecular complexity index is 437. The van der Waals surface area contributed by atoms with E-state index in [2.05, 4.69) is 15.9 Å². The maximum atomic E-state index is 12.3. The topological polar surface area (TPSA) is 63.4 Å². The van der Waals surface area contributed by atoms with Crippen molar-refractivity contribution >= 4 is 26.0 Å². The Hall–Kier alpha value is -0.430. The number of alkyl halides is 1. The van der Waals surface area contributed by atoms with Crippen LogP contribution in [0.1, 0.15) is 19.3 Å². The molecule has 0 fully saturated rings. The molecule has 0 spiro atoms. The first-order valence-electron chi connectivity index (χ1n) is 5.94. The molecule has 1 rings (SSSR count). The number of halogens is 1. The van der Waals surface area contributed by atoms with Crippen LogP contribution in [0.5, 0.6) is 0 Å². The van der Waals surface area contributed by atoms with Gasteiger partial charge in [0.2, 0.25) is 10.0 Å². The second kappa shape index (κ2) is 7.89. The van der Waals surface area contributed by atoms with Gasteiger partial charge in [-0.05, 0) is 31.5 Å². The van der Waals surface area contributed by atoms with Crippen molar-refractivity contribution < 1.29 is 8.42 Å². The largest absolute Gasteiger partial charge is 0.330 e. The van der Waals surface area contributed by atoms with Crippen molar-refractivity contribution in [1.29, 1.82) is 0 Å². The Morgan fingerprint density at radius 1 is 1.11 bits per heavy atom. The standard InChI is InChI=1S/C12H19BrN2O2S/c13-11-15(10-6-2-5-9-14)18(16,17)12-7-3-1-4-8-12/h1,3-4,7-8H,2,5-6,9-11,14H2. The number of rotatable bonds is 8. The summed E-state index contributed by atoms with van der Waals surface area (Å²) < 4.78 is 26.0. The van der Waals surface area contributed by atoms with Crippen LogP contribution in [-0.2, 0) is 10.0 Å². The normalized spacial score (nSPS) is 11.9. The van der Waals surface area contributed by atoms with Crippen LogP contribution in [0.15, 0.2) is 35.2 Å². The number of sulfonamides is 1. The van der Waals surface area contributed by atoms with Gasteiger partial charge in [-0.2, -0.15) is 4.31 Å². The van der Waals surface area contributed by atoms with E-state index in [-0.39, 0.29) is 0 Å². The molecule has 18 heavy (non-hydrogen) atoms. The van der Waals surface area contributed by atoms with Crippen molar-refractivity contribution in [2.24, 2.45) is 5.73 Å². The van der Waals surface area contributed by atoms with Crippen LogP contribution in [0.25, 0.3) is 0 Å². The predicted octanol–water partition coefficient (Wildman–Crippen LogP) is 2.16. The minimum atomic E-state index is -3.38. The number of hydrogen-bond acceptors (Lipinski definition) is 3. The molecule has 0 aliphatic carbocycles. The van der Waals surface area contributed by atoms with Gasteiger partial charge in [-0.3, -0.25) is 0 Å². The van der Waals surface area contributed by atoms with E-state index in [1.807, 2.05) is 0 Å². The molecule has 0 bridgehead atoms. The summed E-state index contributed by atoms with van der Waals surface area (Å²) in [6, 6.07) is 8.50. The molecule has 0 amide bonds. The summed E-state index contributed by atoms with van der Waals surface area (Å²) in [5, 5.41) is 0. The molecule has 0 saturated heterocycles. The maximum Gasteiger partial charge on any atom is 0.243 e. The van der Waals surface area contributed by atoms with Gasteiger partial charge in [0.15, 0.2) is 0 Å². The number of unbranched alkanes of at least 4 members (excludes halogenated alkanes) is 2. The highest BCUT2D eigenvalue weighted by Crippen LogP contribution is 2.17. The lowest BCUT2D eigenvalue weighted by atomic mass is 10.2. The van der Waals surface area contributed by atoms with Gasteiger partial charge in [-0.1, -0.05) is 40.5 Å². The maximum absolute atomic E-state index is 12.3. The van der Waals surface area contributed by atoms with Crippen LogP contribution in [0.4, 0.5) is 0 Å². The fourth-order valence-corrected chi connectivity index (χ4v) is 3.95. The third-order valence-electron chi connectivity index (χ3n) is 2.63. The average Bonchev–Trinajstić information content (AvgIpc) is 2.39. The molecular formula is C12H19BrN2O2S. The molecule has 2 N–H and O–H groups in total. The lowest BCUT2D eigenvalue weighted by Crippen LogP contribution is -2.30. The SMILES string of the molecule is NCCCCCN(CBr)S(=O)(=O)c1ccccc1. The molecule has 0 saturated carbocycles. The van der Waals surface area contributed by atoms with E-state index in [1.165, 1.54) is 4.31 Å². The molecule has 1 aromatic rings. The first kappa shape index (κ1) is 15.6. The second-order valence-electron chi connectivity index (χ2n) is 3.96. The molecule has 0 atom stereocenters. The van der Waals surface area contributed by atoms with Crippen LogP contribution in [0.2, 0.25) is 0 Å². The molecule has 0 aliphatic heterocycles. The summed E-state index contributed by atoms with van der Waals surface area (Å²) in [4.78, 5) is 0.336. The minimum absolute atomic E-state index is 0.312. The summed E-state index contributed by atoms with van der Waals surface area (Å²) in [6.07, 6.45) is 2.71. The lowest BCUT2D eigenvalue weighted by Gasteiger charge is -2.19. The molecular weight excluding hydrogens is 316 g/mol. The first-order valence-corrected chi connectivity index (χ1v) is 8.50. The van der Waals surface area contributed by atoms with Crippen LogP contribution >= 0.6 is 15.9 Å². The number of hydrogen-bond donors (Lipinski definition) is 1. The molecule has 0 radical (unpaired) electrons. The number of nitrogens with two attached hydrogens (primary N) is 1. The summed E-state index contributed by atoms with van der Waals surface area (Å²) in [7, 11) is -3.38. The molecule has 1 aromatic carbocycles. The summed E-state index contributed by atoms with van der Waals surface area (Å²) >= 11 is 3.24. The van der Waals surface area contributed by atoms with E-state index >= 15 is 0 Å². The van der Waals surface area contributed by atoms with Gasteiger partial charge in [-0.25, -0.2) is 8.42 Å². The van der Waals surface area contributed by atoms with E-state index in [0.717, 1.165) is 19.3 Å². The van der Waals surface area contributed by atoms with Gasteiger partial charge in [0.05, 0.1) is 10.3 Å². The molecule has 102 valence electrons. The highest BCUT2D eigenvalue weighted by atomic mass is 79.9.